The zero-order valence-electron chi connectivity index (χ0n) is 14.9. The summed E-state index contributed by atoms with van der Waals surface area (Å²) in [6, 6.07) is 18.5. The van der Waals surface area contributed by atoms with Crippen LogP contribution in [0.15, 0.2) is 65.1 Å². The molecule has 2 amide bonds. The molecule has 2 N–H and O–H groups in total. The van der Waals surface area contributed by atoms with E-state index in [2.05, 4.69) is 10.6 Å². The largest absolute Gasteiger partial charge is 0.459 e. The first-order valence-corrected chi connectivity index (χ1v) is 8.63. The fourth-order valence-corrected chi connectivity index (χ4v) is 2.96. The summed E-state index contributed by atoms with van der Waals surface area (Å²) in [5.41, 5.74) is 1.69. The van der Waals surface area contributed by atoms with Crippen molar-refractivity contribution in [2.24, 2.45) is 0 Å². The first kappa shape index (κ1) is 17.7. The Balaban J connectivity index is 1.68. The van der Waals surface area contributed by atoms with Crippen LogP contribution in [0.1, 0.15) is 43.7 Å². The van der Waals surface area contributed by atoms with Gasteiger partial charge in [0.25, 0.3) is 0 Å². The molecule has 26 heavy (non-hydrogen) atoms. The molecule has 0 spiro atoms. The second kappa shape index (κ2) is 7.87. The van der Waals surface area contributed by atoms with Crippen LogP contribution in [0.4, 0.5) is 0 Å². The van der Waals surface area contributed by atoms with Crippen LogP contribution in [0.2, 0.25) is 0 Å². The second-order valence-electron chi connectivity index (χ2n) is 6.34. The van der Waals surface area contributed by atoms with Crippen molar-refractivity contribution >= 4 is 22.8 Å². The van der Waals surface area contributed by atoms with Gasteiger partial charge < -0.3 is 15.1 Å². The molecule has 0 fully saturated rings. The van der Waals surface area contributed by atoms with E-state index in [4.69, 9.17) is 4.42 Å². The summed E-state index contributed by atoms with van der Waals surface area (Å²) >= 11 is 0. The number of para-hydroxylation sites is 1. The Kier molecular flexibility index (Phi) is 5.37. The Morgan fingerprint density at radius 2 is 1.69 bits per heavy atom. The van der Waals surface area contributed by atoms with Gasteiger partial charge in [-0.3, -0.25) is 9.59 Å². The number of carbonyl (C=O) groups is 2. The number of benzene rings is 2. The Morgan fingerprint density at radius 3 is 2.38 bits per heavy atom. The molecule has 134 valence electrons. The minimum absolute atomic E-state index is 0.152. The van der Waals surface area contributed by atoms with Crippen LogP contribution in [0, 0.1) is 0 Å². The zero-order chi connectivity index (χ0) is 18.5. The van der Waals surface area contributed by atoms with E-state index in [1.807, 2.05) is 67.6 Å². The molecule has 0 saturated carbocycles. The van der Waals surface area contributed by atoms with Gasteiger partial charge in [0.05, 0.1) is 18.5 Å². The smallest absolute Gasteiger partial charge is 0.222 e. The number of hydrogen-bond acceptors (Lipinski definition) is 3. The summed E-state index contributed by atoms with van der Waals surface area (Å²) in [7, 11) is 0. The van der Waals surface area contributed by atoms with E-state index < -0.39 is 0 Å². The summed E-state index contributed by atoms with van der Waals surface area (Å²) in [4.78, 5) is 24.0. The molecule has 5 heteroatoms. The van der Waals surface area contributed by atoms with E-state index in [0.717, 1.165) is 16.5 Å². The summed E-state index contributed by atoms with van der Waals surface area (Å²) in [6.45, 7) is 3.33. The highest BCUT2D eigenvalue weighted by molar-refractivity contribution is 5.80. The average molecular weight is 350 g/mol. The molecule has 0 aliphatic heterocycles. The minimum Gasteiger partial charge on any atom is -0.459 e. The third kappa shape index (κ3) is 4.30. The van der Waals surface area contributed by atoms with Crippen LogP contribution in [-0.4, -0.2) is 11.8 Å². The van der Waals surface area contributed by atoms with E-state index in [1.54, 1.807) is 0 Å². The Hall–Kier alpha value is -3.08. The highest BCUT2D eigenvalue weighted by atomic mass is 16.3. The second-order valence-corrected chi connectivity index (χ2v) is 6.34. The summed E-state index contributed by atoms with van der Waals surface area (Å²) in [5.74, 6) is 0.382. The average Bonchev–Trinajstić information content (AvgIpc) is 3.06. The van der Waals surface area contributed by atoms with Gasteiger partial charge in [0.1, 0.15) is 11.3 Å². The molecule has 0 aliphatic carbocycles. The molecule has 0 bridgehead atoms. The van der Waals surface area contributed by atoms with Crippen LogP contribution in [-0.2, 0) is 9.59 Å². The van der Waals surface area contributed by atoms with Gasteiger partial charge in [0.2, 0.25) is 11.8 Å². The molecule has 0 saturated heterocycles. The molecule has 1 heterocycles. The van der Waals surface area contributed by atoms with Crippen LogP contribution in [0.3, 0.4) is 0 Å². The molecule has 0 aliphatic rings. The zero-order valence-corrected chi connectivity index (χ0v) is 14.9. The predicted octanol–water partition coefficient (Wildman–Crippen LogP) is 3.88. The van der Waals surface area contributed by atoms with Crippen molar-refractivity contribution in [1.82, 2.24) is 10.6 Å². The molecular formula is C21H22N2O3. The van der Waals surface area contributed by atoms with Crippen LogP contribution in [0.25, 0.3) is 11.0 Å². The molecule has 3 rings (SSSR count). The normalized spacial score (nSPS) is 13.2. The first-order chi connectivity index (χ1) is 12.5. The highest BCUT2D eigenvalue weighted by Crippen LogP contribution is 2.24. The highest BCUT2D eigenvalue weighted by Gasteiger charge is 2.20. The quantitative estimate of drug-likeness (QED) is 0.709. The number of nitrogens with one attached hydrogen (secondary N) is 2. The van der Waals surface area contributed by atoms with Crippen molar-refractivity contribution < 1.29 is 14.0 Å². The van der Waals surface area contributed by atoms with Gasteiger partial charge >= 0.3 is 0 Å². The summed E-state index contributed by atoms with van der Waals surface area (Å²) in [5, 5.41) is 6.79. The van der Waals surface area contributed by atoms with Gasteiger partial charge in [-0.2, -0.15) is 0 Å². The predicted molar refractivity (Wildman–Crippen MR) is 100 cm³/mol. The van der Waals surface area contributed by atoms with Gasteiger partial charge in [-0.05, 0) is 24.6 Å². The molecule has 5 nitrogen and oxygen atoms in total. The van der Waals surface area contributed by atoms with E-state index in [1.165, 1.54) is 6.92 Å². The van der Waals surface area contributed by atoms with Gasteiger partial charge in [-0.15, -0.1) is 0 Å². The first-order valence-electron chi connectivity index (χ1n) is 8.63. The number of fused-ring (bicyclic) bond motifs is 1. The van der Waals surface area contributed by atoms with E-state index in [9.17, 15) is 9.59 Å². The number of carbonyl (C=O) groups excluding carboxylic acids is 2. The lowest BCUT2D eigenvalue weighted by Gasteiger charge is -2.19. The minimum atomic E-state index is -0.364. The van der Waals surface area contributed by atoms with Crippen molar-refractivity contribution in [1.29, 1.82) is 0 Å². The summed E-state index contributed by atoms with van der Waals surface area (Å²) in [6.07, 6.45) is 0.161. The number of furan rings is 1. The fourth-order valence-electron chi connectivity index (χ4n) is 2.96. The van der Waals surface area contributed by atoms with Crippen molar-refractivity contribution in [3.8, 4) is 0 Å². The van der Waals surface area contributed by atoms with Crippen LogP contribution in [0.5, 0.6) is 0 Å². The monoisotopic (exact) mass is 350 g/mol. The van der Waals surface area contributed by atoms with E-state index in [-0.39, 0.29) is 30.3 Å². The van der Waals surface area contributed by atoms with E-state index >= 15 is 0 Å². The standard InChI is InChI=1S/C21H22N2O3/c1-14(20-12-17-10-6-7-11-19(17)26-20)22-21(25)13-18(23-15(2)24)16-8-4-3-5-9-16/h3-12,14,18H,13H2,1-2H3,(H,22,25)(H,23,24)/t14-,18+/m1/s1. The maximum Gasteiger partial charge on any atom is 0.222 e. The molecule has 3 aromatic rings. The molecule has 0 unspecified atom stereocenters. The van der Waals surface area contributed by atoms with Gasteiger partial charge in [0.15, 0.2) is 0 Å². The van der Waals surface area contributed by atoms with Gasteiger partial charge in [-0.1, -0.05) is 48.5 Å². The maximum absolute atomic E-state index is 12.5. The molecule has 0 radical (unpaired) electrons. The number of hydrogen-bond donors (Lipinski definition) is 2. The third-order valence-electron chi connectivity index (χ3n) is 4.22. The van der Waals surface area contributed by atoms with Gasteiger partial charge in [-0.25, -0.2) is 0 Å². The number of amides is 2. The van der Waals surface area contributed by atoms with Crippen LogP contribution < -0.4 is 10.6 Å². The molecule has 1 aromatic heterocycles. The lowest BCUT2D eigenvalue weighted by atomic mass is 10.0. The van der Waals surface area contributed by atoms with Crippen molar-refractivity contribution in [2.75, 3.05) is 0 Å². The lowest BCUT2D eigenvalue weighted by Crippen LogP contribution is -2.33. The fraction of sp³-hybridized carbons (Fsp3) is 0.238. The van der Waals surface area contributed by atoms with Crippen molar-refractivity contribution in [2.45, 2.75) is 32.4 Å². The Bertz CT molecular complexity index is 869. The molecular weight excluding hydrogens is 328 g/mol. The Morgan fingerprint density at radius 1 is 1.00 bits per heavy atom. The molecule has 2 atom stereocenters. The van der Waals surface area contributed by atoms with Crippen LogP contribution >= 0.6 is 0 Å². The van der Waals surface area contributed by atoms with Crippen molar-refractivity contribution in [3.63, 3.8) is 0 Å². The van der Waals surface area contributed by atoms with Crippen molar-refractivity contribution in [3.05, 3.63) is 72.0 Å². The molecule has 2 aromatic carbocycles. The maximum atomic E-state index is 12.5. The summed E-state index contributed by atoms with van der Waals surface area (Å²) < 4.78 is 5.80. The van der Waals surface area contributed by atoms with E-state index in [0.29, 0.717) is 5.76 Å². The SMILES string of the molecule is CC(=O)N[C@@H](CC(=O)N[C@H](C)c1cc2ccccc2o1)c1ccccc1. The topological polar surface area (TPSA) is 71.3 Å². The lowest BCUT2D eigenvalue weighted by molar-refractivity contribution is -0.123. The third-order valence-corrected chi connectivity index (χ3v) is 4.22. The number of rotatable bonds is 6. The van der Waals surface area contributed by atoms with Gasteiger partial charge in [0, 0.05) is 12.3 Å². The Labute approximate surface area is 152 Å².